The van der Waals surface area contributed by atoms with E-state index in [1.54, 1.807) is 4.90 Å². The Morgan fingerprint density at radius 2 is 2.11 bits per heavy atom. The van der Waals surface area contributed by atoms with Gasteiger partial charge in [-0.15, -0.1) is 0 Å². The lowest BCUT2D eigenvalue weighted by molar-refractivity contribution is -0.138. The zero-order chi connectivity index (χ0) is 13.7. The Balaban J connectivity index is 2.07. The standard InChI is InChI=1S/C13H15N3O3/c1-2-16(9-12(17)18)8-11-14-13(15-19-11)10-6-4-3-5-7-10/h3-7H,2,8-9H2,1H3,(H,17,18). The topological polar surface area (TPSA) is 79.5 Å². The Hall–Kier alpha value is -2.21. The van der Waals surface area contributed by atoms with Crippen LogP contribution in [0.2, 0.25) is 0 Å². The van der Waals surface area contributed by atoms with Crippen molar-refractivity contribution in [3.63, 3.8) is 0 Å². The first-order valence-corrected chi connectivity index (χ1v) is 6.01. The SMILES string of the molecule is CCN(CC(=O)O)Cc1nc(-c2ccccc2)no1. The van der Waals surface area contributed by atoms with Crippen molar-refractivity contribution in [1.29, 1.82) is 0 Å². The number of nitrogens with zero attached hydrogens (tertiary/aromatic N) is 3. The number of carbonyl (C=O) groups is 1. The average molecular weight is 261 g/mol. The number of aliphatic carboxylic acids is 1. The summed E-state index contributed by atoms with van der Waals surface area (Å²) in [7, 11) is 0. The van der Waals surface area contributed by atoms with Gasteiger partial charge in [-0.1, -0.05) is 42.4 Å². The molecule has 0 atom stereocenters. The van der Waals surface area contributed by atoms with Gasteiger partial charge in [0.2, 0.25) is 11.7 Å². The minimum absolute atomic E-state index is 0.0421. The molecule has 0 fully saturated rings. The summed E-state index contributed by atoms with van der Waals surface area (Å²) >= 11 is 0. The molecule has 0 spiro atoms. The number of hydrogen-bond acceptors (Lipinski definition) is 5. The van der Waals surface area contributed by atoms with Gasteiger partial charge in [-0.05, 0) is 6.54 Å². The van der Waals surface area contributed by atoms with E-state index in [0.29, 0.717) is 24.8 Å². The summed E-state index contributed by atoms with van der Waals surface area (Å²) in [6, 6.07) is 9.49. The van der Waals surface area contributed by atoms with Crippen LogP contribution >= 0.6 is 0 Å². The monoisotopic (exact) mass is 261 g/mol. The van der Waals surface area contributed by atoms with Gasteiger partial charge < -0.3 is 9.63 Å². The van der Waals surface area contributed by atoms with Crippen LogP contribution in [0.4, 0.5) is 0 Å². The molecule has 100 valence electrons. The second-order valence-corrected chi connectivity index (χ2v) is 4.07. The zero-order valence-electron chi connectivity index (χ0n) is 10.6. The van der Waals surface area contributed by atoms with Gasteiger partial charge in [0.15, 0.2) is 0 Å². The molecule has 0 saturated carbocycles. The van der Waals surface area contributed by atoms with Gasteiger partial charge in [-0.2, -0.15) is 4.98 Å². The van der Waals surface area contributed by atoms with Gasteiger partial charge in [-0.3, -0.25) is 9.69 Å². The smallest absolute Gasteiger partial charge is 0.317 e. The van der Waals surface area contributed by atoms with E-state index in [0.717, 1.165) is 5.56 Å². The van der Waals surface area contributed by atoms with Crippen LogP contribution in [0.25, 0.3) is 11.4 Å². The Labute approximate surface area is 110 Å². The highest BCUT2D eigenvalue weighted by Gasteiger charge is 2.13. The molecule has 0 unspecified atom stereocenters. The zero-order valence-corrected chi connectivity index (χ0v) is 10.6. The Kier molecular flexibility index (Phi) is 4.25. The molecule has 0 aliphatic carbocycles. The van der Waals surface area contributed by atoms with Crippen LogP contribution in [-0.2, 0) is 11.3 Å². The van der Waals surface area contributed by atoms with E-state index in [2.05, 4.69) is 10.1 Å². The number of carboxylic acids is 1. The summed E-state index contributed by atoms with van der Waals surface area (Å²) < 4.78 is 5.14. The molecule has 1 aromatic heterocycles. The summed E-state index contributed by atoms with van der Waals surface area (Å²) in [6.07, 6.45) is 0. The summed E-state index contributed by atoms with van der Waals surface area (Å²) in [5.41, 5.74) is 0.874. The third-order valence-electron chi connectivity index (χ3n) is 2.67. The number of rotatable bonds is 6. The van der Waals surface area contributed by atoms with Crippen LogP contribution in [0.15, 0.2) is 34.9 Å². The Bertz CT molecular complexity index is 539. The maximum absolute atomic E-state index is 10.7. The van der Waals surface area contributed by atoms with Crippen molar-refractivity contribution in [3.8, 4) is 11.4 Å². The van der Waals surface area contributed by atoms with Gasteiger partial charge in [0.1, 0.15) is 0 Å². The molecule has 19 heavy (non-hydrogen) atoms. The number of benzene rings is 1. The van der Waals surface area contributed by atoms with Crippen molar-refractivity contribution in [3.05, 3.63) is 36.2 Å². The largest absolute Gasteiger partial charge is 0.480 e. The number of aromatic nitrogens is 2. The molecular formula is C13H15N3O3. The fraction of sp³-hybridized carbons (Fsp3) is 0.308. The quantitative estimate of drug-likeness (QED) is 0.851. The molecule has 0 amide bonds. The number of likely N-dealkylation sites (N-methyl/N-ethyl adjacent to an activating group) is 1. The summed E-state index contributed by atoms with van der Waals surface area (Å²) in [5, 5.41) is 12.7. The third-order valence-corrected chi connectivity index (χ3v) is 2.67. The molecule has 1 heterocycles. The minimum Gasteiger partial charge on any atom is -0.480 e. The minimum atomic E-state index is -0.871. The molecule has 2 rings (SSSR count). The van der Waals surface area contributed by atoms with Crippen LogP contribution in [0.3, 0.4) is 0 Å². The van der Waals surface area contributed by atoms with Gasteiger partial charge >= 0.3 is 5.97 Å². The maximum Gasteiger partial charge on any atom is 0.317 e. The van der Waals surface area contributed by atoms with Crippen molar-refractivity contribution < 1.29 is 14.4 Å². The molecule has 6 nitrogen and oxygen atoms in total. The molecule has 0 bridgehead atoms. The van der Waals surface area contributed by atoms with Crippen LogP contribution in [0.5, 0.6) is 0 Å². The molecule has 0 radical (unpaired) electrons. The van der Waals surface area contributed by atoms with E-state index in [4.69, 9.17) is 9.63 Å². The van der Waals surface area contributed by atoms with Crippen LogP contribution in [0, 0.1) is 0 Å². The average Bonchev–Trinajstić information content (AvgIpc) is 2.87. The molecule has 6 heteroatoms. The van der Waals surface area contributed by atoms with Crippen molar-refractivity contribution >= 4 is 5.97 Å². The third kappa shape index (κ3) is 3.62. The second kappa shape index (κ2) is 6.10. The van der Waals surface area contributed by atoms with Gasteiger partial charge in [-0.25, -0.2) is 0 Å². The lowest BCUT2D eigenvalue weighted by atomic mass is 10.2. The Morgan fingerprint density at radius 3 is 2.74 bits per heavy atom. The van der Waals surface area contributed by atoms with E-state index >= 15 is 0 Å². The molecule has 0 aliphatic heterocycles. The molecule has 0 saturated heterocycles. The first-order chi connectivity index (χ1) is 9.19. The van der Waals surface area contributed by atoms with Gasteiger partial charge in [0.25, 0.3) is 0 Å². The molecular weight excluding hydrogens is 246 g/mol. The van der Waals surface area contributed by atoms with Crippen molar-refractivity contribution in [1.82, 2.24) is 15.0 Å². The molecule has 2 aromatic rings. The molecule has 1 aromatic carbocycles. The van der Waals surface area contributed by atoms with Gasteiger partial charge in [0, 0.05) is 5.56 Å². The highest BCUT2D eigenvalue weighted by molar-refractivity contribution is 5.69. The number of carboxylic acid groups (broad SMARTS) is 1. The second-order valence-electron chi connectivity index (χ2n) is 4.07. The fourth-order valence-electron chi connectivity index (χ4n) is 1.69. The van der Waals surface area contributed by atoms with Crippen LogP contribution in [0.1, 0.15) is 12.8 Å². The molecule has 0 aliphatic rings. The lowest BCUT2D eigenvalue weighted by Crippen LogP contribution is -2.29. The van der Waals surface area contributed by atoms with E-state index < -0.39 is 5.97 Å². The van der Waals surface area contributed by atoms with Crippen molar-refractivity contribution in [2.45, 2.75) is 13.5 Å². The fourth-order valence-corrected chi connectivity index (χ4v) is 1.69. The van der Waals surface area contributed by atoms with Crippen molar-refractivity contribution in [2.24, 2.45) is 0 Å². The highest BCUT2D eigenvalue weighted by Crippen LogP contribution is 2.15. The van der Waals surface area contributed by atoms with E-state index in [1.807, 2.05) is 37.3 Å². The predicted octanol–water partition coefficient (Wildman–Crippen LogP) is 1.64. The van der Waals surface area contributed by atoms with Crippen LogP contribution in [-0.4, -0.2) is 39.2 Å². The lowest BCUT2D eigenvalue weighted by Gasteiger charge is -2.14. The normalized spacial score (nSPS) is 10.8. The van der Waals surface area contributed by atoms with E-state index in [9.17, 15) is 4.79 Å². The van der Waals surface area contributed by atoms with E-state index in [1.165, 1.54) is 0 Å². The highest BCUT2D eigenvalue weighted by atomic mass is 16.5. The van der Waals surface area contributed by atoms with E-state index in [-0.39, 0.29) is 6.54 Å². The number of hydrogen-bond donors (Lipinski definition) is 1. The summed E-state index contributed by atoms with van der Waals surface area (Å²) in [6.45, 7) is 2.79. The van der Waals surface area contributed by atoms with Crippen LogP contribution < -0.4 is 0 Å². The first kappa shape index (κ1) is 13.2. The van der Waals surface area contributed by atoms with Crippen molar-refractivity contribution in [2.75, 3.05) is 13.1 Å². The maximum atomic E-state index is 10.7. The summed E-state index contributed by atoms with van der Waals surface area (Å²) in [5.74, 6) is 0.0635. The molecule has 1 N–H and O–H groups in total. The first-order valence-electron chi connectivity index (χ1n) is 6.01. The predicted molar refractivity (Wildman–Crippen MR) is 68.3 cm³/mol. The van der Waals surface area contributed by atoms with Gasteiger partial charge in [0.05, 0.1) is 13.1 Å². The Morgan fingerprint density at radius 1 is 1.37 bits per heavy atom. The summed E-state index contributed by atoms with van der Waals surface area (Å²) in [4.78, 5) is 16.7.